The van der Waals surface area contributed by atoms with Crippen molar-refractivity contribution in [3.8, 4) is 0 Å². The molecule has 26 heavy (non-hydrogen) atoms. The number of hydrogen-bond donors (Lipinski definition) is 2. The molecule has 4 nitrogen and oxygen atoms in total. The van der Waals surface area contributed by atoms with Crippen molar-refractivity contribution in [1.82, 2.24) is 10.3 Å². The number of rotatable bonds is 4. The predicted octanol–water partition coefficient (Wildman–Crippen LogP) is 4.09. The van der Waals surface area contributed by atoms with Crippen LogP contribution in [0.3, 0.4) is 0 Å². The molecule has 1 aliphatic carbocycles. The second kappa shape index (κ2) is 8.31. The zero-order chi connectivity index (χ0) is 18.7. The van der Waals surface area contributed by atoms with Crippen LogP contribution in [0.15, 0.2) is 34.8 Å². The van der Waals surface area contributed by atoms with Crippen LogP contribution < -0.4 is 5.32 Å². The standard InChI is InChI=1S/C21H25BrN2O2/c1-13-14(2)23-19(21(26)24-18-5-3-4-6-20(18)25)12-16(13)11-15-7-9-17(22)10-8-15/h7-10,12,18,20,25H,3-6,11H2,1-2H3,(H,24,26)/t18-,20-/m0/s1. The number of amides is 1. The van der Waals surface area contributed by atoms with Gasteiger partial charge in [-0.25, -0.2) is 4.98 Å². The summed E-state index contributed by atoms with van der Waals surface area (Å²) in [5, 5.41) is 13.1. The fourth-order valence-electron chi connectivity index (χ4n) is 3.45. The maximum absolute atomic E-state index is 12.7. The average Bonchev–Trinajstić information content (AvgIpc) is 2.62. The van der Waals surface area contributed by atoms with E-state index < -0.39 is 6.10 Å². The van der Waals surface area contributed by atoms with Crippen molar-refractivity contribution in [3.05, 3.63) is 62.9 Å². The van der Waals surface area contributed by atoms with Crippen LogP contribution in [0.5, 0.6) is 0 Å². The Balaban J connectivity index is 1.80. The Kier molecular flexibility index (Phi) is 6.09. The lowest BCUT2D eigenvalue weighted by Gasteiger charge is -2.28. The first-order valence-electron chi connectivity index (χ1n) is 9.14. The molecule has 2 atom stereocenters. The number of benzene rings is 1. The zero-order valence-electron chi connectivity index (χ0n) is 15.3. The van der Waals surface area contributed by atoms with E-state index in [1.165, 1.54) is 5.56 Å². The van der Waals surface area contributed by atoms with E-state index in [4.69, 9.17) is 0 Å². The summed E-state index contributed by atoms with van der Waals surface area (Å²) in [6, 6.07) is 9.92. The molecule has 1 aromatic carbocycles. The van der Waals surface area contributed by atoms with Crippen molar-refractivity contribution in [2.75, 3.05) is 0 Å². The molecule has 0 saturated heterocycles. The minimum Gasteiger partial charge on any atom is -0.391 e. The molecule has 1 heterocycles. The van der Waals surface area contributed by atoms with Gasteiger partial charge in [-0.2, -0.15) is 0 Å². The van der Waals surface area contributed by atoms with Gasteiger partial charge >= 0.3 is 0 Å². The van der Waals surface area contributed by atoms with Crippen LogP contribution >= 0.6 is 15.9 Å². The first-order valence-corrected chi connectivity index (χ1v) is 9.94. The van der Waals surface area contributed by atoms with Crippen molar-refractivity contribution in [2.24, 2.45) is 0 Å². The van der Waals surface area contributed by atoms with E-state index in [0.717, 1.165) is 53.4 Å². The molecule has 5 heteroatoms. The van der Waals surface area contributed by atoms with E-state index >= 15 is 0 Å². The molecule has 1 amide bonds. The molecule has 1 saturated carbocycles. The van der Waals surface area contributed by atoms with Gasteiger partial charge in [-0.15, -0.1) is 0 Å². The minimum absolute atomic E-state index is 0.172. The molecule has 0 unspecified atom stereocenters. The minimum atomic E-state index is -0.457. The van der Waals surface area contributed by atoms with E-state index in [1.54, 1.807) is 0 Å². The van der Waals surface area contributed by atoms with E-state index in [9.17, 15) is 9.90 Å². The Bertz CT molecular complexity index is 789. The molecule has 0 bridgehead atoms. The SMILES string of the molecule is Cc1nc(C(=O)N[C@H]2CCCC[C@@H]2O)cc(Cc2ccc(Br)cc2)c1C. The number of carbonyl (C=O) groups is 1. The number of hydrogen-bond acceptors (Lipinski definition) is 3. The van der Waals surface area contributed by atoms with Crippen molar-refractivity contribution in [1.29, 1.82) is 0 Å². The number of aliphatic hydroxyl groups excluding tert-OH is 1. The number of aryl methyl sites for hydroxylation is 1. The van der Waals surface area contributed by atoms with Gasteiger partial charge < -0.3 is 10.4 Å². The number of carbonyl (C=O) groups excluding carboxylic acids is 1. The van der Waals surface area contributed by atoms with Gasteiger partial charge in [-0.05, 0) is 68.0 Å². The fourth-order valence-corrected chi connectivity index (χ4v) is 3.71. The quantitative estimate of drug-likeness (QED) is 0.788. The third-order valence-corrected chi connectivity index (χ3v) is 5.74. The Morgan fingerprint density at radius 3 is 2.62 bits per heavy atom. The van der Waals surface area contributed by atoms with Gasteiger partial charge in [0.05, 0.1) is 12.1 Å². The lowest BCUT2D eigenvalue weighted by Crippen LogP contribution is -2.45. The third kappa shape index (κ3) is 4.51. The number of nitrogens with one attached hydrogen (secondary N) is 1. The van der Waals surface area contributed by atoms with E-state index in [2.05, 4.69) is 38.4 Å². The summed E-state index contributed by atoms with van der Waals surface area (Å²) in [6.07, 6.45) is 3.93. The second-order valence-electron chi connectivity index (χ2n) is 7.11. The summed E-state index contributed by atoms with van der Waals surface area (Å²) in [5.74, 6) is -0.198. The summed E-state index contributed by atoms with van der Waals surface area (Å²) in [6.45, 7) is 3.98. The molecule has 2 aromatic rings. The van der Waals surface area contributed by atoms with Crippen LogP contribution in [0, 0.1) is 13.8 Å². The summed E-state index contributed by atoms with van der Waals surface area (Å²) < 4.78 is 1.05. The topological polar surface area (TPSA) is 62.2 Å². The van der Waals surface area contributed by atoms with Gasteiger partial charge in [0.15, 0.2) is 0 Å². The van der Waals surface area contributed by atoms with Crippen LogP contribution in [0.2, 0.25) is 0 Å². The van der Waals surface area contributed by atoms with Crippen LogP contribution in [-0.4, -0.2) is 28.1 Å². The van der Waals surface area contributed by atoms with Gasteiger partial charge in [-0.3, -0.25) is 4.79 Å². The van der Waals surface area contributed by atoms with Gasteiger partial charge in [0.25, 0.3) is 5.91 Å². The molecule has 1 fully saturated rings. The highest BCUT2D eigenvalue weighted by molar-refractivity contribution is 9.10. The molecule has 1 aliphatic rings. The first-order chi connectivity index (χ1) is 12.4. The van der Waals surface area contributed by atoms with Gasteiger partial charge in [-0.1, -0.05) is 40.9 Å². The molecule has 1 aromatic heterocycles. The van der Waals surface area contributed by atoms with E-state index in [1.807, 2.05) is 32.0 Å². The van der Waals surface area contributed by atoms with Gasteiger partial charge in [0.1, 0.15) is 5.69 Å². The van der Waals surface area contributed by atoms with Crippen LogP contribution in [0.25, 0.3) is 0 Å². The van der Waals surface area contributed by atoms with Gasteiger partial charge in [0.2, 0.25) is 0 Å². The molecule has 3 rings (SSSR count). The third-order valence-electron chi connectivity index (χ3n) is 5.21. The smallest absolute Gasteiger partial charge is 0.270 e. The second-order valence-corrected chi connectivity index (χ2v) is 8.03. The Labute approximate surface area is 163 Å². The molecule has 138 valence electrons. The van der Waals surface area contributed by atoms with Gasteiger partial charge in [0, 0.05) is 10.2 Å². The fraction of sp³-hybridized carbons (Fsp3) is 0.429. The number of aromatic nitrogens is 1. The number of aliphatic hydroxyl groups is 1. The van der Waals surface area contributed by atoms with E-state index in [0.29, 0.717) is 5.69 Å². The highest BCUT2D eigenvalue weighted by Crippen LogP contribution is 2.21. The lowest BCUT2D eigenvalue weighted by molar-refractivity contribution is 0.0713. The van der Waals surface area contributed by atoms with Crippen molar-refractivity contribution >= 4 is 21.8 Å². The van der Waals surface area contributed by atoms with E-state index in [-0.39, 0.29) is 11.9 Å². The Hall–Kier alpha value is -1.72. The van der Waals surface area contributed by atoms with Crippen LogP contribution in [0.4, 0.5) is 0 Å². The van der Waals surface area contributed by atoms with Crippen LogP contribution in [-0.2, 0) is 6.42 Å². The first kappa shape index (κ1) is 19.1. The molecular formula is C21H25BrN2O2. The maximum Gasteiger partial charge on any atom is 0.270 e. The largest absolute Gasteiger partial charge is 0.391 e. The maximum atomic E-state index is 12.7. The molecule has 0 aliphatic heterocycles. The van der Waals surface area contributed by atoms with Crippen LogP contribution in [0.1, 0.15) is 58.6 Å². The Morgan fingerprint density at radius 1 is 1.23 bits per heavy atom. The monoisotopic (exact) mass is 416 g/mol. The molecule has 0 spiro atoms. The van der Waals surface area contributed by atoms with Crippen molar-refractivity contribution < 1.29 is 9.90 Å². The Morgan fingerprint density at radius 2 is 1.92 bits per heavy atom. The number of nitrogens with zero attached hydrogens (tertiary/aromatic N) is 1. The number of halogens is 1. The summed E-state index contributed by atoms with van der Waals surface area (Å²) in [4.78, 5) is 17.2. The number of pyridine rings is 1. The normalized spacial score (nSPS) is 20.0. The average molecular weight is 417 g/mol. The summed E-state index contributed by atoms with van der Waals surface area (Å²) in [5.41, 5.74) is 4.71. The highest BCUT2D eigenvalue weighted by atomic mass is 79.9. The lowest BCUT2D eigenvalue weighted by atomic mass is 9.92. The molecule has 0 radical (unpaired) electrons. The van der Waals surface area contributed by atoms with Crippen molar-refractivity contribution in [3.63, 3.8) is 0 Å². The molecule has 2 N–H and O–H groups in total. The molecular weight excluding hydrogens is 392 g/mol. The zero-order valence-corrected chi connectivity index (χ0v) is 16.8. The van der Waals surface area contributed by atoms with Crippen molar-refractivity contribution in [2.45, 2.75) is 58.1 Å². The predicted molar refractivity (Wildman–Crippen MR) is 106 cm³/mol. The summed E-state index contributed by atoms with van der Waals surface area (Å²) >= 11 is 3.46. The summed E-state index contributed by atoms with van der Waals surface area (Å²) in [7, 11) is 0. The highest BCUT2D eigenvalue weighted by Gasteiger charge is 2.25.